The van der Waals surface area contributed by atoms with Gasteiger partial charge in [0.1, 0.15) is 18.2 Å². The molecular weight excluding hydrogens is 529 g/mol. The fraction of sp³-hybridized carbons (Fsp3) is 0.100. The van der Waals surface area contributed by atoms with Crippen molar-refractivity contribution in [2.45, 2.75) is 13.2 Å². The van der Waals surface area contributed by atoms with Gasteiger partial charge in [0, 0.05) is 26.7 Å². The molecule has 0 saturated carbocycles. The van der Waals surface area contributed by atoms with Crippen molar-refractivity contribution in [3.05, 3.63) is 91.0 Å². The molecule has 0 aliphatic carbocycles. The summed E-state index contributed by atoms with van der Waals surface area (Å²) in [4.78, 5) is 0. The molecule has 0 unspecified atom stereocenters. The Labute approximate surface area is 177 Å². The van der Waals surface area contributed by atoms with E-state index in [1.165, 1.54) is 12.1 Å². The van der Waals surface area contributed by atoms with Crippen molar-refractivity contribution in [1.29, 1.82) is 0 Å². The van der Waals surface area contributed by atoms with Crippen LogP contribution in [-0.4, -0.2) is 0 Å². The highest BCUT2D eigenvalue weighted by molar-refractivity contribution is 9.11. The van der Waals surface area contributed by atoms with Crippen LogP contribution in [0, 0.1) is 5.82 Å². The van der Waals surface area contributed by atoms with Crippen molar-refractivity contribution < 1.29 is 9.13 Å². The Kier molecular flexibility index (Phi) is 6.73. The van der Waals surface area contributed by atoms with E-state index in [0.29, 0.717) is 13.2 Å². The minimum atomic E-state index is -0.251. The molecule has 3 aromatic carbocycles. The summed E-state index contributed by atoms with van der Waals surface area (Å²) in [5, 5.41) is 3.29. The van der Waals surface area contributed by atoms with Crippen LogP contribution < -0.4 is 10.1 Å². The lowest BCUT2D eigenvalue weighted by atomic mass is 10.2. The van der Waals surface area contributed by atoms with Crippen LogP contribution in [0.3, 0.4) is 0 Å². The van der Waals surface area contributed by atoms with Crippen molar-refractivity contribution in [3.8, 4) is 5.75 Å². The van der Waals surface area contributed by atoms with E-state index in [9.17, 15) is 4.39 Å². The minimum Gasteiger partial charge on any atom is -0.487 e. The molecular formula is C20H15Br3FNO. The van der Waals surface area contributed by atoms with E-state index in [2.05, 4.69) is 53.1 Å². The van der Waals surface area contributed by atoms with E-state index in [4.69, 9.17) is 4.74 Å². The number of hydrogen-bond acceptors (Lipinski definition) is 2. The Morgan fingerprint density at radius 3 is 2.23 bits per heavy atom. The second-order valence-corrected chi connectivity index (χ2v) is 8.34. The smallest absolute Gasteiger partial charge is 0.139 e. The molecule has 1 N–H and O–H groups in total. The first-order chi connectivity index (χ1) is 12.5. The maximum Gasteiger partial charge on any atom is 0.139 e. The maximum absolute atomic E-state index is 13.0. The van der Waals surface area contributed by atoms with Crippen LogP contribution in [0.2, 0.25) is 0 Å². The van der Waals surface area contributed by atoms with Crippen LogP contribution in [0.1, 0.15) is 11.1 Å². The first-order valence-electron chi connectivity index (χ1n) is 7.86. The van der Waals surface area contributed by atoms with Crippen molar-refractivity contribution in [1.82, 2.24) is 0 Å². The Morgan fingerprint density at radius 1 is 0.846 bits per heavy atom. The Bertz CT molecular complexity index is 883. The van der Waals surface area contributed by atoms with Crippen molar-refractivity contribution >= 4 is 53.5 Å². The van der Waals surface area contributed by atoms with E-state index in [-0.39, 0.29) is 5.82 Å². The summed E-state index contributed by atoms with van der Waals surface area (Å²) in [6.07, 6.45) is 0. The van der Waals surface area contributed by atoms with E-state index in [1.54, 1.807) is 12.1 Å². The zero-order valence-corrected chi connectivity index (χ0v) is 18.4. The van der Waals surface area contributed by atoms with Crippen molar-refractivity contribution in [3.63, 3.8) is 0 Å². The molecule has 0 fully saturated rings. The molecule has 0 bridgehead atoms. The molecule has 0 amide bonds. The first kappa shape index (κ1) is 19.4. The van der Waals surface area contributed by atoms with Crippen LogP contribution in [0.4, 0.5) is 10.1 Å². The number of rotatable bonds is 6. The summed E-state index contributed by atoms with van der Waals surface area (Å²) >= 11 is 10.5. The lowest BCUT2D eigenvalue weighted by molar-refractivity contribution is 0.301. The third kappa shape index (κ3) is 5.32. The lowest BCUT2D eigenvalue weighted by Gasteiger charge is -2.15. The van der Waals surface area contributed by atoms with Crippen molar-refractivity contribution in [2.24, 2.45) is 0 Å². The summed E-state index contributed by atoms with van der Waals surface area (Å²) in [5.41, 5.74) is 2.93. The van der Waals surface area contributed by atoms with Gasteiger partial charge in [-0.3, -0.25) is 0 Å². The van der Waals surface area contributed by atoms with E-state index in [1.807, 2.05) is 36.4 Å². The summed E-state index contributed by atoms with van der Waals surface area (Å²) in [6.45, 7) is 1.02. The summed E-state index contributed by atoms with van der Waals surface area (Å²) in [6, 6.07) is 18.3. The molecule has 0 heterocycles. The van der Waals surface area contributed by atoms with Crippen LogP contribution >= 0.6 is 47.8 Å². The zero-order valence-electron chi connectivity index (χ0n) is 13.6. The van der Waals surface area contributed by atoms with Crippen molar-refractivity contribution in [2.75, 3.05) is 5.32 Å². The van der Waals surface area contributed by atoms with Gasteiger partial charge in [-0.15, -0.1) is 0 Å². The molecule has 134 valence electrons. The van der Waals surface area contributed by atoms with Gasteiger partial charge in [0.2, 0.25) is 0 Å². The standard InChI is InChI=1S/C20H15Br3FNO/c21-15-3-1-13(2-4-15)12-26-20-14(9-16(22)10-19(20)23)11-25-18-7-5-17(24)6-8-18/h1-10,25H,11-12H2. The van der Waals surface area contributed by atoms with Crippen LogP contribution in [0.25, 0.3) is 0 Å². The SMILES string of the molecule is Fc1ccc(NCc2cc(Br)cc(Br)c2OCc2ccc(Br)cc2)cc1. The average Bonchev–Trinajstić information content (AvgIpc) is 2.62. The molecule has 0 aromatic heterocycles. The second-order valence-electron chi connectivity index (χ2n) is 5.65. The van der Waals surface area contributed by atoms with E-state index < -0.39 is 0 Å². The normalized spacial score (nSPS) is 10.6. The fourth-order valence-corrected chi connectivity index (χ4v) is 4.10. The molecule has 0 spiro atoms. The Morgan fingerprint density at radius 2 is 1.54 bits per heavy atom. The second kappa shape index (κ2) is 9.02. The van der Waals surface area contributed by atoms with Crippen LogP contribution in [0.5, 0.6) is 5.75 Å². The summed E-state index contributed by atoms with van der Waals surface area (Å²) in [7, 11) is 0. The predicted molar refractivity (Wildman–Crippen MR) is 114 cm³/mol. The zero-order chi connectivity index (χ0) is 18.5. The largest absolute Gasteiger partial charge is 0.487 e. The molecule has 2 nitrogen and oxygen atoms in total. The van der Waals surface area contributed by atoms with Gasteiger partial charge in [0.05, 0.1) is 4.47 Å². The molecule has 3 aromatic rings. The van der Waals surface area contributed by atoms with Crippen LogP contribution in [-0.2, 0) is 13.2 Å². The fourth-order valence-electron chi connectivity index (χ4n) is 2.41. The van der Waals surface area contributed by atoms with Gasteiger partial charge in [-0.25, -0.2) is 4.39 Å². The average molecular weight is 544 g/mol. The summed E-state index contributed by atoms with van der Waals surface area (Å²) < 4.78 is 22.0. The third-order valence-corrected chi connectivity index (χ3v) is 5.28. The number of benzene rings is 3. The summed E-state index contributed by atoms with van der Waals surface area (Å²) in [5.74, 6) is 0.532. The predicted octanol–water partition coefficient (Wildman–Crippen LogP) is 7.30. The van der Waals surface area contributed by atoms with Gasteiger partial charge in [0.25, 0.3) is 0 Å². The highest BCUT2D eigenvalue weighted by atomic mass is 79.9. The first-order valence-corrected chi connectivity index (χ1v) is 10.2. The number of hydrogen-bond donors (Lipinski definition) is 1. The number of halogens is 4. The molecule has 6 heteroatoms. The van der Waals surface area contributed by atoms with E-state index >= 15 is 0 Å². The van der Waals surface area contributed by atoms with Gasteiger partial charge >= 0.3 is 0 Å². The van der Waals surface area contributed by atoms with Gasteiger partial charge in [-0.2, -0.15) is 0 Å². The van der Waals surface area contributed by atoms with Gasteiger partial charge < -0.3 is 10.1 Å². The van der Waals surface area contributed by atoms with E-state index in [0.717, 1.165) is 36.0 Å². The quantitative estimate of drug-likeness (QED) is 0.352. The topological polar surface area (TPSA) is 21.3 Å². The highest BCUT2D eigenvalue weighted by Crippen LogP contribution is 2.34. The Balaban J connectivity index is 1.75. The molecule has 0 radical (unpaired) electrons. The number of anilines is 1. The third-order valence-electron chi connectivity index (χ3n) is 3.71. The molecule has 3 rings (SSSR count). The van der Waals surface area contributed by atoms with Gasteiger partial charge in [-0.05, 0) is 70.0 Å². The molecule has 0 aliphatic rings. The monoisotopic (exact) mass is 541 g/mol. The number of ether oxygens (including phenoxy) is 1. The number of nitrogens with one attached hydrogen (secondary N) is 1. The Hall–Kier alpha value is -1.37. The molecule has 0 aliphatic heterocycles. The lowest BCUT2D eigenvalue weighted by Crippen LogP contribution is -2.04. The maximum atomic E-state index is 13.0. The van der Waals surface area contributed by atoms with Gasteiger partial charge in [-0.1, -0.05) is 44.0 Å². The van der Waals surface area contributed by atoms with Gasteiger partial charge in [0.15, 0.2) is 0 Å². The molecule has 26 heavy (non-hydrogen) atoms. The highest BCUT2D eigenvalue weighted by Gasteiger charge is 2.11. The molecule has 0 saturated heterocycles. The minimum absolute atomic E-state index is 0.251. The molecule has 0 atom stereocenters. The van der Waals surface area contributed by atoms with Crippen LogP contribution in [0.15, 0.2) is 74.1 Å².